The van der Waals surface area contributed by atoms with Crippen molar-refractivity contribution < 1.29 is 0 Å². The SMILES string of the molecule is Nc1c(C2CC2)nc(C2CCCC2)n1N. The maximum absolute atomic E-state index is 5.99. The van der Waals surface area contributed by atoms with Crippen molar-refractivity contribution in [3.05, 3.63) is 11.5 Å². The first-order chi connectivity index (χ1) is 7.27. The highest BCUT2D eigenvalue weighted by molar-refractivity contribution is 5.43. The highest BCUT2D eigenvalue weighted by Gasteiger charge is 2.32. The Hall–Kier alpha value is -1.19. The highest BCUT2D eigenvalue weighted by Crippen LogP contribution is 2.43. The lowest BCUT2D eigenvalue weighted by molar-refractivity contribution is 0.646. The third-order valence-electron chi connectivity index (χ3n) is 3.69. The summed E-state index contributed by atoms with van der Waals surface area (Å²) < 4.78 is 1.63. The van der Waals surface area contributed by atoms with Crippen LogP contribution in [0.4, 0.5) is 5.82 Å². The zero-order valence-electron chi connectivity index (χ0n) is 8.95. The number of aromatic nitrogens is 2. The minimum Gasteiger partial charge on any atom is -0.382 e. The van der Waals surface area contributed by atoms with Crippen molar-refractivity contribution in [2.45, 2.75) is 50.4 Å². The van der Waals surface area contributed by atoms with Gasteiger partial charge in [-0.15, -0.1) is 0 Å². The Kier molecular flexibility index (Phi) is 1.90. The predicted molar refractivity (Wildman–Crippen MR) is 60.0 cm³/mol. The van der Waals surface area contributed by atoms with Crippen LogP contribution >= 0.6 is 0 Å². The van der Waals surface area contributed by atoms with E-state index in [0.29, 0.717) is 17.7 Å². The smallest absolute Gasteiger partial charge is 0.146 e. The molecule has 4 heteroatoms. The van der Waals surface area contributed by atoms with Crippen molar-refractivity contribution in [2.24, 2.45) is 0 Å². The van der Waals surface area contributed by atoms with Gasteiger partial charge in [-0.2, -0.15) is 0 Å². The predicted octanol–water partition coefficient (Wildman–Crippen LogP) is 1.71. The van der Waals surface area contributed by atoms with E-state index in [1.807, 2.05) is 0 Å². The Labute approximate surface area is 89.6 Å². The molecule has 4 N–H and O–H groups in total. The first kappa shape index (κ1) is 9.07. The lowest BCUT2D eigenvalue weighted by atomic mass is 10.1. The Balaban J connectivity index is 1.96. The third-order valence-corrected chi connectivity index (χ3v) is 3.69. The molecule has 2 aliphatic rings. The largest absolute Gasteiger partial charge is 0.382 e. The number of imidazole rings is 1. The van der Waals surface area contributed by atoms with Crippen LogP contribution in [0.25, 0.3) is 0 Å². The number of hydrogen-bond acceptors (Lipinski definition) is 3. The highest BCUT2D eigenvalue weighted by atomic mass is 15.4. The molecule has 2 saturated carbocycles. The zero-order chi connectivity index (χ0) is 10.4. The summed E-state index contributed by atoms with van der Waals surface area (Å²) in [4.78, 5) is 4.67. The van der Waals surface area contributed by atoms with E-state index < -0.39 is 0 Å². The van der Waals surface area contributed by atoms with E-state index >= 15 is 0 Å². The first-order valence-corrected chi connectivity index (χ1v) is 5.90. The van der Waals surface area contributed by atoms with E-state index in [1.54, 1.807) is 4.68 Å². The van der Waals surface area contributed by atoms with E-state index in [9.17, 15) is 0 Å². The van der Waals surface area contributed by atoms with Crippen LogP contribution in [0.3, 0.4) is 0 Å². The molecule has 0 radical (unpaired) electrons. The summed E-state index contributed by atoms with van der Waals surface area (Å²) in [5, 5.41) is 0. The normalized spacial score (nSPS) is 22.4. The van der Waals surface area contributed by atoms with Gasteiger partial charge in [0.05, 0.1) is 5.69 Å². The minimum atomic E-state index is 0.546. The number of nitrogens with zero attached hydrogens (tertiary/aromatic N) is 2. The standard InChI is InChI=1S/C11H18N4/c12-10-9(7-5-6-7)14-11(15(10)13)8-3-1-2-4-8/h7-8H,1-6,12-13H2. The number of nitrogen functional groups attached to an aromatic ring is 2. The summed E-state index contributed by atoms with van der Waals surface area (Å²) in [6, 6.07) is 0. The van der Waals surface area contributed by atoms with Gasteiger partial charge in [-0.1, -0.05) is 12.8 Å². The van der Waals surface area contributed by atoms with Crippen LogP contribution in [0.5, 0.6) is 0 Å². The maximum Gasteiger partial charge on any atom is 0.146 e. The molecule has 1 aromatic heterocycles. The number of rotatable bonds is 2. The summed E-state index contributed by atoms with van der Waals surface area (Å²) >= 11 is 0. The lowest BCUT2D eigenvalue weighted by Gasteiger charge is -2.08. The second kappa shape index (κ2) is 3.15. The summed E-state index contributed by atoms with van der Waals surface area (Å²) in [5.74, 6) is 8.83. The fraction of sp³-hybridized carbons (Fsp3) is 0.727. The molecule has 4 nitrogen and oxygen atoms in total. The van der Waals surface area contributed by atoms with Crippen molar-refractivity contribution in [1.82, 2.24) is 9.66 Å². The molecule has 1 aromatic rings. The summed E-state index contributed by atoms with van der Waals surface area (Å²) in [7, 11) is 0. The number of hydrogen-bond donors (Lipinski definition) is 2. The van der Waals surface area contributed by atoms with Crippen molar-refractivity contribution >= 4 is 5.82 Å². The molecule has 2 fully saturated rings. The Bertz CT molecular complexity index is 372. The molecule has 0 aromatic carbocycles. The molecule has 2 aliphatic carbocycles. The van der Waals surface area contributed by atoms with Crippen molar-refractivity contribution in [1.29, 1.82) is 0 Å². The minimum absolute atomic E-state index is 0.546. The molecule has 3 rings (SSSR count). The molecule has 0 aliphatic heterocycles. The van der Waals surface area contributed by atoms with Gasteiger partial charge in [-0.25, -0.2) is 9.66 Å². The van der Waals surface area contributed by atoms with Crippen molar-refractivity contribution in [2.75, 3.05) is 11.6 Å². The van der Waals surface area contributed by atoms with Gasteiger partial charge in [-0.05, 0) is 25.7 Å². The van der Waals surface area contributed by atoms with Crippen LogP contribution in [0.2, 0.25) is 0 Å². The van der Waals surface area contributed by atoms with Crippen LogP contribution in [0.15, 0.2) is 0 Å². The molecular formula is C11H18N4. The number of anilines is 1. The van der Waals surface area contributed by atoms with Gasteiger partial charge >= 0.3 is 0 Å². The van der Waals surface area contributed by atoms with Crippen LogP contribution in [-0.4, -0.2) is 9.66 Å². The third kappa shape index (κ3) is 1.39. The van der Waals surface area contributed by atoms with E-state index in [2.05, 4.69) is 4.98 Å². The molecule has 0 saturated heterocycles. The summed E-state index contributed by atoms with van der Waals surface area (Å²) in [5.41, 5.74) is 7.04. The topological polar surface area (TPSA) is 69.9 Å². The fourth-order valence-corrected chi connectivity index (χ4v) is 2.61. The lowest BCUT2D eigenvalue weighted by Crippen LogP contribution is -2.17. The fourth-order valence-electron chi connectivity index (χ4n) is 2.61. The molecule has 0 amide bonds. The Morgan fingerprint density at radius 2 is 1.73 bits per heavy atom. The van der Waals surface area contributed by atoms with Crippen molar-refractivity contribution in [3.8, 4) is 0 Å². The van der Waals surface area contributed by atoms with Gasteiger partial charge in [0.15, 0.2) is 0 Å². The second-order valence-electron chi connectivity index (χ2n) is 4.87. The van der Waals surface area contributed by atoms with Gasteiger partial charge < -0.3 is 11.6 Å². The Morgan fingerprint density at radius 1 is 1.07 bits per heavy atom. The van der Waals surface area contributed by atoms with Gasteiger partial charge in [0.25, 0.3) is 0 Å². The summed E-state index contributed by atoms with van der Waals surface area (Å²) in [6.07, 6.45) is 7.50. The quantitative estimate of drug-likeness (QED) is 0.724. The molecule has 0 atom stereocenters. The Morgan fingerprint density at radius 3 is 2.33 bits per heavy atom. The molecule has 82 valence electrons. The summed E-state index contributed by atoms with van der Waals surface area (Å²) in [6.45, 7) is 0. The zero-order valence-corrected chi connectivity index (χ0v) is 8.95. The van der Waals surface area contributed by atoms with Crippen LogP contribution in [0, 0.1) is 0 Å². The van der Waals surface area contributed by atoms with Crippen molar-refractivity contribution in [3.63, 3.8) is 0 Å². The van der Waals surface area contributed by atoms with Crippen LogP contribution < -0.4 is 11.6 Å². The van der Waals surface area contributed by atoms with E-state index in [1.165, 1.54) is 38.5 Å². The van der Waals surface area contributed by atoms with Gasteiger partial charge in [0, 0.05) is 11.8 Å². The molecular weight excluding hydrogens is 188 g/mol. The molecule has 0 bridgehead atoms. The van der Waals surface area contributed by atoms with Gasteiger partial charge in [0.2, 0.25) is 0 Å². The average molecular weight is 206 g/mol. The van der Waals surface area contributed by atoms with Gasteiger partial charge in [0.1, 0.15) is 11.6 Å². The van der Waals surface area contributed by atoms with E-state index in [-0.39, 0.29) is 0 Å². The molecule has 15 heavy (non-hydrogen) atoms. The molecule has 0 unspecified atom stereocenters. The van der Waals surface area contributed by atoms with E-state index in [0.717, 1.165) is 11.5 Å². The number of nitrogens with two attached hydrogens (primary N) is 2. The van der Waals surface area contributed by atoms with E-state index in [4.69, 9.17) is 11.6 Å². The first-order valence-electron chi connectivity index (χ1n) is 5.90. The van der Waals surface area contributed by atoms with Gasteiger partial charge in [-0.3, -0.25) is 0 Å². The average Bonchev–Trinajstić information content (AvgIpc) is 2.84. The second-order valence-corrected chi connectivity index (χ2v) is 4.87. The van der Waals surface area contributed by atoms with Crippen LogP contribution in [-0.2, 0) is 0 Å². The maximum atomic E-state index is 5.99. The monoisotopic (exact) mass is 206 g/mol. The molecule has 0 spiro atoms. The molecule has 1 heterocycles. The van der Waals surface area contributed by atoms with Crippen LogP contribution in [0.1, 0.15) is 61.9 Å².